The highest BCUT2D eigenvalue weighted by Crippen LogP contribution is 2.65. The minimum Gasteiger partial charge on any atom is -0.334 e. The third-order valence-corrected chi connectivity index (χ3v) is 9.15. The van der Waals surface area contributed by atoms with Crippen molar-refractivity contribution >= 4 is 0 Å². The van der Waals surface area contributed by atoms with Crippen LogP contribution in [0.15, 0.2) is 42.0 Å². The first-order valence-electron chi connectivity index (χ1n) is 10.9. The summed E-state index contributed by atoms with van der Waals surface area (Å²) in [4.78, 5) is 4.28. The van der Waals surface area contributed by atoms with Gasteiger partial charge in [0.15, 0.2) is 0 Å². The van der Waals surface area contributed by atoms with E-state index in [-0.39, 0.29) is 0 Å². The Morgan fingerprint density at radius 3 is 2.69 bits per heavy atom. The first-order valence-corrected chi connectivity index (χ1v) is 10.9. The molecule has 0 aromatic carbocycles. The first-order chi connectivity index (χ1) is 12.6. The van der Waals surface area contributed by atoms with E-state index in [1.54, 1.807) is 11.1 Å². The molecule has 0 aliphatic heterocycles. The lowest BCUT2D eigenvalue weighted by Crippen LogP contribution is -2.49. The van der Waals surface area contributed by atoms with Gasteiger partial charge in [0.05, 0.1) is 6.33 Å². The van der Waals surface area contributed by atoms with Gasteiger partial charge in [-0.25, -0.2) is 4.98 Å². The van der Waals surface area contributed by atoms with Crippen LogP contribution in [0.3, 0.4) is 0 Å². The van der Waals surface area contributed by atoms with Crippen LogP contribution in [0, 0.1) is 28.6 Å². The topological polar surface area (TPSA) is 17.8 Å². The Morgan fingerprint density at radius 1 is 1.08 bits per heavy atom. The average Bonchev–Trinajstić information content (AvgIpc) is 3.28. The molecule has 0 spiro atoms. The molecular weight excluding hydrogens is 316 g/mol. The summed E-state index contributed by atoms with van der Waals surface area (Å²) in [6, 6.07) is 0.627. The molecule has 2 fully saturated rings. The van der Waals surface area contributed by atoms with Crippen molar-refractivity contribution in [3.63, 3.8) is 0 Å². The van der Waals surface area contributed by atoms with Crippen molar-refractivity contribution in [3.05, 3.63) is 42.0 Å². The molecule has 2 nitrogen and oxygen atoms in total. The lowest BCUT2D eigenvalue weighted by molar-refractivity contribution is -0.0211. The van der Waals surface area contributed by atoms with Crippen LogP contribution in [-0.4, -0.2) is 9.55 Å². The molecule has 0 bridgehead atoms. The molecule has 0 amide bonds. The predicted octanol–water partition coefficient (Wildman–Crippen LogP) is 6.33. The van der Waals surface area contributed by atoms with Gasteiger partial charge < -0.3 is 4.57 Å². The summed E-state index contributed by atoms with van der Waals surface area (Å²) in [6.07, 6.45) is 22.1. The first kappa shape index (κ1) is 16.8. The van der Waals surface area contributed by atoms with Gasteiger partial charge >= 0.3 is 0 Å². The zero-order valence-corrected chi connectivity index (χ0v) is 16.7. The second kappa shape index (κ2) is 5.84. The fourth-order valence-electron chi connectivity index (χ4n) is 7.59. The molecule has 4 aliphatic carbocycles. The largest absolute Gasteiger partial charge is 0.334 e. The third-order valence-electron chi connectivity index (χ3n) is 9.15. The molecule has 2 heteroatoms. The normalized spacial score (nSPS) is 44.6. The summed E-state index contributed by atoms with van der Waals surface area (Å²) in [5, 5.41) is 0. The highest BCUT2D eigenvalue weighted by Gasteiger charge is 2.56. The molecule has 0 N–H and O–H groups in total. The fraction of sp³-hybridized carbons (Fsp3) is 0.708. The van der Waals surface area contributed by atoms with Gasteiger partial charge in [-0.1, -0.05) is 44.1 Å². The molecule has 140 valence electrons. The molecule has 26 heavy (non-hydrogen) atoms. The Kier molecular flexibility index (Phi) is 3.78. The van der Waals surface area contributed by atoms with Gasteiger partial charge in [0.25, 0.3) is 0 Å². The summed E-state index contributed by atoms with van der Waals surface area (Å²) in [7, 11) is 0. The summed E-state index contributed by atoms with van der Waals surface area (Å²) >= 11 is 0. The van der Waals surface area contributed by atoms with E-state index in [0.717, 1.165) is 17.8 Å². The van der Waals surface area contributed by atoms with E-state index in [9.17, 15) is 0 Å². The number of fused-ring (bicyclic) bond motifs is 5. The molecule has 5 rings (SSSR count). The minimum absolute atomic E-state index is 0.455. The second-order valence-corrected chi connectivity index (χ2v) is 9.94. The smallest absolute Gasteiger partial charge is 0.0948 e. The van der Waals surface area contributed by atoms with Gasteiger partial charge in [0.2, 0.25) is 0 Å². The number of hydrogen-bond donors (Lipinski definition) is 0. The molecule has 0 saturated heterocycles. The van der Waals surface area contributed by atoms with Crippen LogP contribution in [0.2, 0.25) is 0 Å². The van der Waals surface area contributed by atoms with Crippen LogP contribution in [-0.2, 0) is 0 Å². The van der Waals surface area contributed by atoms with Crippen LogP contribution < -0.4 is 0 Å². The Labute approximate surface area is 158 Å². The van der Waals surface area contributed by atoms with E-state index in [2.05, 4.69) is 48.7 Å². The molecule has 2 saturated carbocycles. The van der Waals surface area contributed by atoms with Crippen molar-refractivity contribution in [3.8, 4) is 0 Å². The van der Waals surface area contributed by atoms with Crippen molar-refractivity contribution < 1.29 is 0 Å². The van der Waals surface area contributed by atoms with Gasteiger partial charge in [-0.15, -0.1) is 0 Å². The van der Waals surface area contributed by atoms with Gasteiger partial charge in [0.1, 0.15) is 0 Å². The summed E-state index contributed by atoms with van der Waals surface area (Å²) in [6.45, 7) is 7.57. The number of nitrogens with zero attached hydrogens (tertiary/aromatic N) is 2. The molecule has 1 aromatic rings. The monoisotopic (exact) mass is 350 g/mol. The quantitative estimate of drug-likeness (QED) is 0.570. The highest BCUT2D eigenvalue weighted by molar-refractivity contribution is 5.30. The van der Waals surface area contributed by atoms with Crippen LogP contribution >= 0.6 is 0 Å². The molecule has 1 aromatic heterocycles. The van der Waals surface area contributed by atoms with E-state index in [1.165, 1.54) is 51.4 Å². The molecular formula is C24H34N2. The maximum atomic E-state index is 4.28. The van der Waals surface area contributed by atoms with Gasteiger partial charge in [-0.05, 0) is 80.0 Å². The maximum absolute atomic E-state index is 4.28. The van der Waals surface area contributed by atoms with Crippen LogP contribution in [0.4, 0.5) is 0 Å². The lowest BCUT2D eigenvalue weighted by atomic mass is 9.47. The van der Waals surface area contributed by atoms with Crippen LogP contribution in [0.5, 0.6) is 0 Å². The number of imidazole rings is 1. The van der Waals surface area contributed by atoms with E-state index >= 15 is 0 Å². The molecule has 4 aliphatic rings. The number of rotatable bonds is 2. The fourth-order valence-corrected chi connectivity index (χ4v) is 7.59. The van der Waals surface area contributed by atoms with Crippen molar-refractivity contribution in [1.82, 2.24) is 9.55 Å². The number of aromatic nitrogens is 2. The Bertz CT molecular complexity index is 742. The summed E-state index contributed by atoms with van der Waals surface area (Å²) in [5.41, 5.74) is 4.50. The number of allylic oxidation sites excluding steroid dienone is 4. The Hall–Kier alpha value is -1.31. The van der Waals surface area contributed by atoms with E-state index < -0.39 is 0 Å². The summed E-state index contributed by atoms with van der Waals surface area (Å²) < 4.78 is 2.35. The van der Waals surface area contributed by atoms with E-state index in [0.29, 0.717) is 16.9 Å². The third kappa shape index (κ3) is 2.20. The average molecular weight is 351 g/mol. The Morgan fingerprint density at radius 2 is 1.92 bits per heavy atom. The zero-order chi connectivity index (χ0) is 17.9. The predicted molar refractivity (Wildman–Crippen MR) is 107 cm³/mol. The molecule has 1 heterocycles. The minimum atomic E-state index is 0.455. The van der Waals surface area contributed by atoms with E-state index in [4.69, 9.17) is 0 Å². The molecule has 0 radical (unpaired) electrons. The zero-order valence-electron chi connectivity index (χ0n) is 16.7. The number of hydrogen-bond acceptors (Lipinski definition) is 1. The summed E-state index contributed by atoms with van der Waals surface area (Å²) in [5.74, 6) is 2.72. The van der Waals surface area contributed by atoms with E-state index in [1.807, 2.05) is 12.5 Å². The molecule has 6 atom stereocenters. The maximum Gasteiger partial charge on any atom is 0.0948 e. The van der Waals surface area contributed by atoms with Crippen molar-refractivity contribution in [1.29, 1.82) is 0 Å². The van der Waals surface area contributed by atoms with Gasteiger partial charge in [-0.2, -0.15) is 0 Å². The van der Waals surface area contributed by atoms with Crippen molar-refractivity contribution in [2.75, 3.05) is 0 Å². The van der Waals surface area contributed by atoms with Crippen LogP contribution in [0.25, 0.3) is 0 Å². The SMILES string of the molecule is CCC1=CCC2C3CC=C4C[C@@H](n5ccnc5)CC[C@]4(C)C3CC[C@]12C. The molecule has 3 unspecified atom stereocenters. The lowest BCUT2D eigenvalue weighted by Gasteiger charge is -2.58. The highest BCUT2D eigenvalue weighted by atomic mass is 15.1. The van der Waals surface area contributed by atoms with Crippen molar-refractivity contribution in [2.24, 2.45) is 28.6 Å². The van der Waals surface area contributed by atoms with Crippen molar-refractivity contribution in [2.45, 2.75) is 78.2 Å². The van der Waals surface area contributed by atoms with Gasteiger partial charge in [-0.3, -0.25) is 0 Å². The van der Waals surface area contributed by atoms with Gasteiger partial charge in [0, 0.05) is 18.4 Å². The van der Waals surface area contributed by atoms with Crippen LogP contribution in [0.1, 0.15) is 78.2 Å². The second-order valence-electron chi connectivity index (χ2n) is 9.94. The standard InChI is InChI=1S/C24H34N2/c1-4-17-6-8-21-20-7-5-18-15-19(26-14-13-25-16-26)9-11-24(18,3)22(20)10-12-23(17,21)2/h5-6,13-14,16,19-22H,4,7-12,15H2,1-3H3/t19-,20?,21?,22?,23+,24-/m0/s1. The Balaban J connectivity index is 1.43.